The van der Waals surface area contributed by atoms with Crippen molar-refractivity contribution in [3.05, 3.63) is 24.2 Å². The lowest BCUT2D eigenvalue weighted by atomic mass is 10.0. The first-order valence-electron chi connectivity index (χ1n) is 12.2. The van der Waals surface area contributed by atoms with E-state index in [1.54, 1.807) is 6.26 Å². The number of amides is 1. The van der Waals surface area contributed by atoms with Gasteiger partial charge in [-0.15, -0.1) is 0 Å². The molecule has 2 saturated heterocycles. The van der Waals surface area contributed by atoms with Gasteiger partial charge in [0.25, 0.3) is 0 Å². The highest BCUT2D eigenvalue weighted by Gasteiger charge is 2.47. The maximum Gasteiger partial charge on any atom is 0.490 e. The van der Waals surface area contributed by atoms with Crippen molar-refractivity contribution < 1.29 is 78.4 Å². The first-order chi connectivity index (χ1) is 19.9. The fourth-order valence-electron chi connectivity index (χ4n) is 3.88. The van der Waals surface area contributed by atoms with Gasteiger partial charge in [-0.05, 0) is 45.6 Å². The molecule has 1 aromatic heterocycles. The van der Waals surface area contributed by atoms with Crippen LogP contribution in [-0.4, -0.2) is 132 Å². The summed E-state index contributed by atoms with van der Waals surface area (Å²) in [5.74, 6) is -6.49. The van der Waals surface area contributed by atoms with Crippen LogP contribution in [0, 0.1) is 5.92 Å². The third-order valence-electron chi connectivity index (χ3n) is 5.87. The van der Waals surface area contributed by atoms with Gasteiger partial charge in [0.1, 0.15) is 5.76 Å². The first-order valence-corrected chi connectivity index (χ1v) is 12.2. The molecule has 21 heteroatoms. The Bertz CT molecular complexity index is 1010. The van der Waals surface area contributed by atoms with Crippen LogP contribution in [0.5, 0.6) is 0 Å². The van der Waals surface area contributed by atoms with Gasteiger partial charge in [0.2, 0.25) is 5.91 Å². The number of carboxylic acids is 3. The molecule has 0 unspecified atom stereocenters. The van der Waals surface area contributed by atoms with Crippen LogP contribution in [0.4, 0.5) is 39.5 Å². The second kappa shape index (κ2) is 17.0. The number of carbonyl (C=O) groups excluding carboxylic acids is 1. The van der Waals surface area contributed by atoms with Crippen molar-refractivity contribution in [2.24, 2.45) is 5.92 Å². The summed E-state index contributed by atoms with van der Waals surface area (Å²) in [7, 11) is 6.13. The van der Waals surface area contributed by atoms with Crippen molar-refractivity contribution >= 4 is 23.8 Å². The summed E-state index contributed by atoms with van der Waals surface area (Å²) in [4.78, 5) is 45.9. The number of halogens is 9. The molecule has 0 bridgehead atoms. The monoisotopic (exact) mass is 662 g/mol. The number of fused-ring (bicyclic) bond motifs is 1. The maximum absolute atomic E-state index is 12.4. The summed E-state index contributed by atoms with van der Waals surface area (Å²) >= 11 is 0. The van der Waals surface area contributed by atoms with Crippen LogP contribution in [0.2, 0.25) is 0 Å². The standard InChI is InChI=1S/C17H28N4O2.3C2HF3O2/c1-19(2)7-6-18-17(22)15-9-13-10-21(12-16(13)20(15)3)11-14-5-4-8-23-14;3*3-2(4,5)1(6)7/h4-5,8,13,15-16H,6-7,9-12H2,1-3H3,(H,18,22);3*(H,6,7)/t13-,15-,16+;;;/m1.../s1. The molecule has 44 heavy (non-hydrogen) atoms. The number of nitrogens with one attached hydrogen (secondary N) is 1. The maximum atomic E-state index is 12.4. The number of rotatable bonds is 6. The van der Waals surface area contributed by atoms with Crippen molar-refractivity contribution in [2.45, 2.75) is 43.6 Å². The van der Waals surface area contributed by atoms with Crippen LogP contribution in [-0.2, 0) is 25.7 Å². The zero-order chi connectivity index (χ0) is 34.6. The molecule has 2 fully saturated rings. The van der Waals surface area contributed by atoms with Gasteiger partial charge < -0.3 is 30.0 Å². The smallest absolute Gasteiger partial charge is 0.475 e. The largest absolute Gasteiger partial charge is 0.490 e. The summed E-state index contributed by atoms with van der Waals surface area (Å²) in [5, 5.41) is 24.4. The van der Waals surface area contributed by atoms with Crippen molar-refractivity contribution in [1.82, 2.24) is 20.0 Å². The minimum Gasteiger partial charge on any atom is -0.475 e. The van der Waals surface area contributed by atoms with Crippen molar-refractivity contribution in [1.29, 1.82) is 0 Å². The van der Waals surface area contributed by atoms with Crippen LogP contribution >= 0.6 is 0 Å². The number of aliphatic carboxylic acids is 3. The molecular weight excluding hydrogens is 631 g/mol. The predicted molar refractivity (Wildman–Crippen MR) is 130 cm³/mol. The second-order valence-corrected chi connectivity index (χ2v) is 9.52. The number of furan rings is 1. The number of carboxylic acid groups (broad SMARTS) is 3. The highest BCUT2D eigenvalue weighted by Crippen LogP contribution is 2.35. The molecule has 0 aliphatic carbocycles. The topological polar surface area (TPSA) is 164 Å². The lowest BCUT2D eigenvalue weighted by Gasteiger charge is -2.26. The Balaban J connectivity index is 0.000000721. The number of alkyl halides is 9. The summed E-state index contributed by atoms with van der Waals surface area (Å²) in [6.45, 7) is 4.54. The number of carbonyl (C=O) groups is 4. The van der Waals surface area contributed by atoms with E-state index in [1.807, 2.05) is 26.2 Å². The molecule has 0 aromatic carbocycles. The molecule has 0 radical (unpaired) electrons. The highest BCUT2D eigenvalue weighted by molar-refractivity contribution is 5.82. The zero-order valence-corrected chi connectivity index (χ0v) is 23.3. The third-order valence-corrected chi connectivity index (χ3v) is 5.87. The predicted octanol–water partition coefficient (Wildman–Crippen LogP) is 2.36. The summed E-state index contributed by atoms with van der Waals surface area (Å²) in [6, 6.07) is 4.47. The molecule has 0 spiro atoms. The van der Waals surface area contributed by atoms with E-state index in [9.17, 15) is 44.3 Å². The number of hydrogen-bond acceptors (Lipinski definition) is 8. The minimum atomic E-state index is -5.08. The summed E-state index contributed by atoms with van der Waals surface area (Å²) in [6.07, 6.45) is -12.6. The Hall–Kier alpha value is -3.59. The molecular formula is C23H31F9N4O8. The fourth-order valence-corrected chi connectivity index (χ4v) is 3.88. The van der Waals surface area contributed by atoms with E-state index >= 15 is 0 Å². The quantitative estimate of drug-likeness (QED) is 0.331. The number of hydrogen-bond donors (Lipinski definition) is 4. The normalized spacial score (nSPS) is 20.2. The van der Waals surface area contributed by atoms with Gasteiger partial charge in [0.15, 0.2) is 0 Å². The van der Waals surface area contributed by atoms with Crippen LogP contribution in [0.15, 0.2) is 22.8 Å². The van der Waals surface area contributed by atoms with Crippen LogP contribution < -0.4 is 5.32 Å². The average Bonchev–Trinajstić information content (AvgIpc) is 3.57. The molecule has 2 aliphatic heterocycles. The molecule has 4 N–H and O–H groups in total. The molecule has 1 aromatic rings. The van der Waals surface area contributed by atoms with Gasteiger partial charge in [-0.1, -0.05) is 0 Å². The molecule has 1 amide bonds. The number of likely N-dealkylation sites (tertiary alicyclic amines) is 2. The minimum absolute atomic E-state index is 0.0259. The highest BCUT2D eigenvalue weighted by atomic mass is 19.4. The van der Waals surface area contributed by atoms with E-state index in [0.717, 1.165) is 44.9 Å². The van der Waals surface area contributed by atoms with Crippen LogP contribution in [0.1, 0.15) is 12.2 Å². The number of likely N-dealkylation sites (N-methyl/N-ethyl adjacent to an activating group) is 2. The van der Waals surface area contributed by atoms with Gasteiger partial charge in [0.05, 0.1) is 18.8 Å². The Kier molecular flexibility index (Phi) is 15.7. The van der Waals surface area contributed by atoms with E-state index in [0.29, 0.717) is 12.0 Å². The number of nitrogens with zero attached hydrogens (tertiary/aromatic N) is 3. The summed E-state index contributed by atoms with van der Waals surface area (Å²) < 4.78 is 101. The molecule has 3 rings (SSSR count). The van der Waals surface area contributed by atoms with Gasteiger partial charge in [-0.25, -0.2) is 14.4 Å². The van der Waals surface area contributed by atoms with Gasteiger partial charge >= 0.3 is 36.4 Å². The zero-order valence-electron chi connectivity index (χ0n) is 23.3. The molecule has 3 heterocycles. The fraction of sp³-hybridized carbons (Fsp3) is 0.652. The Morgan fingerprint density at radius 2 is 1.36 bits per heavy atom. The van der Waals surface area contributed by atoms with E-state index in [-0.39, 0.29) is 11.9 Å². The van der Waals surface area contributed by atoms with Crippen molar-refractivity contribution in [2.75, 3.05) is 47.3 Å². The van der Waals surface area contributed by atoms with Crippen molar-refractivity contribution in [3.63, 3.8) is 0 Å². The van der Waals surface area contributed by atoms with E-state index in [2.05, 4.69) is 27.1 Å². The average molecular weight is 663 g/mol. The lowest BCUT2D eigenvalue weighted by Crippen LogP contribution is -2.46. The first kappa shape index (κ1) is 40.4. The van der Waals surface area contributed by atoms with Gasteiger partial charge in [-0.3, -0.25) is 14.6 Å². The van der Waals surface area contributed by atoms with Gasteiger partial charge in [-0.2, -0.15) is 39.5 Å². The SMILES string of the molecule is CN(C)CCNC(=O)[C@H]1C[C@@H]2CN(Cc3ccco3)C[C@@H]2N1C.O=C(O)C(F)(F)F.O=C(O)C(F)(F)F.O=C(O)C(F)(F)F. The molecule has 254 valence electrons. The van der Waals surface area contributed by atoms with Crippen molar-refractivity contribution in [3.8, 4) is 0 Å². The Labute approximate surface area is 244 Å². The second-order valence-electron chi connectivity index (χ2n) is 9.52. The van der Waals surface area contributed by atoms with E-state index < -0.39 is 36.4 Å². The summed E-state index contributed by atoms with van der Waals surface area (Å²) in [5.41, 5.74) is 0. The molecule has 12 nitrogen and oxygen atoms in total. The van der Waals surface area contributed by atoms with Gasteiger partial charge in [0, 0.05) is 32.2 Å². The molecule has 3 atom stereocenters. The molecule has 0 saturated carbocycles. The van der Waals surface area contributed by atoms with Crippen LogP contribution in [0.3, 0.4) is 0 Å². The van der Waals surface area contributed by atoms with E-state index in [1.165, 1.54) is 0 Å². The third kappa shape index (κ3) is 15.2. The Morgan fingerprint density at radius 1 is 0.909 bits per heavy atom. The van der Waals surface area contributed by atoms with E-state index in [4.69, 9.17) is 34.1 Å². The Morgan fingerprint density at radius 3 is 1.70 bits per heavy atom. The van der Waals surface area contributed by atoms with Crippen LogP contribution in [0.25, 0.3) is 0 Å². The molecule has 2 aliphatic rings. The lowest BCUT2D eigenvalue weighted by molar-refractivity contribution is -0.193.